The molecule has 0 saturated carbocycles. The first-order valence-electron chi connectivity index (χ1n) is 9.92. The van der Waals surface area contributed by atoms with Gasteiger partial charge in [0.1, 0.15) is 5.75 Å². The van der Waals surface area contributed by atoms with Crippen molar-refractivity contribution >= 4 is 16.7 Å². The fourth-order valence-corrected chi connectivity index (χ4v) is 3.59. The second kappa shape index (κ2) is 9.58. The Morgan fingerprint density at radius 2 is 1.88 bits per heavy atom. The van der Waals surface area contributed by atoms with Gasteiger partial charge in [0.25, 0.3) is 5.91 Å². The van der Waals surface area contributed by atoms with Gasteiger partial charge >= 0.3 is 0 Å². The monoisotopic (exact) mass is 354 g/mol. The van der Waals surface area contributed by atoms with Crippen LogP contribution in [-0.2, 0) is 4.79 Å². The van der Waals surface area contributed by atoms with E-state index in [1.165, 1.54) is 32.4 Å². The van der Waals surface area contributed by atoms with Crippen LogP contribution in [0.3, 0.4) is 0 Å². The second-order valence-electron chi connectivity index (χ2n) is 7.04. The lowest BCUT2D eigenvalue weighted by atomic mass is 10.1. The third kappa shape index (κ3) is 4.98. The first kappa shape index (κ1) is 18.7. The smallest absolute Gasteiger partial charge is 0.261 e. The molecule has 2 aromatic carbocycles. The molecule has 0 aliphatic carbocycles. The van der Waals surface area contributed by atoms with E-state index in [-0.39, 0.29) is 5.91 Å². The summed E-state index contributed by atoms with van der Waals surface area (Å²) in [6, 6.07) is 14.1. The van der Waals surface area contributed by atoms with E-state index >= 15 is 0 Å². The lowest BCUT2D eigenvalue weighted by Crippen LogP contribution is -2.39. The number of piperidine rings is 1. The van der Waals surface area contributed by atoms with Crippen LogP contribution in [0.2, 0.25) is 0 Å². The van der Waals surface area contributed by atoms with Gasteiger partial charge in [0.2, 0.25) is 0 Å². The minimum Gasteiger partial charge on any atom is -0.480 e. The standard InChI is InChI=1S/C22H30N2O2/c1-2-20(22(25)23-14-9-17-24-15-6-3-7-16-24)26-21-13-8-11-18-10-4-5-12-19(18)21/h4-5,8,10-13,20H,2-3,6-7,9,14-17H2,1H3,(H,23,25). The average molecular weight is 354 g/mol. The summed E-state index contributed by atoms with van der Waals surface area (Å²) in [5.41, 5.74) is 0. The number of carbonyl (C=O) groups excluding carboxylic acids is 1. The van der Waals surface area contributed by atoms with Gasteiger partial charge in [0.05, 0.1) is 0 Å². The van der Waals surface area contributed by atoms with Crippen molar-refractivity contribution in [2.75, 3.05) is 26.2 Å². The minimum atomic E-state index is -0.448. The summed E-state index contributed by atoms with van der Waals surface area (Å²) in [6.45, 7) is 6.18. The molecule has 0 bridgehead atoms. The second-order valence-corrected chi connectivity index (χ2v) is 7.04. The number of nitrogens with zero attached hydrogens (tertiary/aromatic N) is 1. The maximum absolute atomic E-state index is 12.5. The van der Waals surface area contributed by atoms with E-state index in [0.29, 0.717) is 13.0 Å². The molecule has 1 saturated heterocycles. The molecule has 4 heteroatoms. The number of benzene rings is 2. The van der Waals surface area contributed by atoms with Crippen LogP contribution in [0.5, 0.6) is 5.75 Å². The summed E-state index contributed by atoms with van der Waals surface area (Å²) in [6.07, 6.45) is 5.18. The van der Waals surface area contributed by atoms with Crippen molar-refractivity contribution in [3.8, 4) is 5.75 Å². The van der Waals surface area contributed by atoms with Gasteiger partial charge < -0.3 is 15.0 Å². The molecular weight excluding hydrogens is 324 g/mol. The number of nitrogens with one attached hydrogen (secondary N) is 1. The van der Waals surface area contributed by atoms with Crippen molar-refractivity contribution in [3.05, 3.63) is 42.5 Å². The normalized spacial score (nSPS) is 16.3. The SMILES string of the molecule is CCC(Oc1cccc2ccccc12)C(=O)NCCCN1CCCCC1. The van der Waals surface area contributed by atoms with E-state index < -0.39 is 6.10 Å². The summed E-state index contributed by atoms with van der Waals surface area (Å²) in [4.78, 5) is 15.0. The van der Waals surface area contributed by atoms with Crippen LogP contribution in [0.25, 0.3) is 10.8 Å². The molecular formula is C22H30N2O2. The predicted molar refractivity (Wildman–Crippen MR) is 107 cm³/mol. The number of carbonyl (C=O) groups is 1. The summed E-state index contributed by atoms with van der Waals surface area (Å²) in [5.74, 6) is 0.762. The molecule has 3 rings (SSSR count). The number of hydrogen-bond acceptors (Lipinski definition) is 3. The highest BCUT2D eigenvalue weighted by molar-refractivity contribution is 5.89. The highest BCUT2D eigenvalue weighted by Gasteiger charge is 2.19. The first-order valence-corrected chi connectivity index (χ1v) is 9.92. The summed E-state index contributed by atoms with van der Waals surface area (Å²) in [7, 11) is 0. The fourth-order valence-electron chi connectivity index (χ4n) is 3.59. The fraction of sp³-hybridized carbons (Fsp3) is 0.500. The number of amides is 1. The topological polar surface area (TPSA) is 41.6 Å². The molecule has 0 spiro atoms. The summed E-state index contributed by atoms with van der Waals surface area (Å²) in [5, 5.41) is 5.23. The molecule has 4 nitrogen and oxygen atoms in total. The van der Waals surface area contributed by atoms with Crippen LogP contribution in [0.4, 0.5) is 0 Å². The highest BCUT2D eigenvalue weighted by Crippen LogP contribution is 2.26. The van der Waals surface area contributed by atoms with Gasteiger partial charge in [0, 0.05) is 11.9 Å². The molecule has 1 N–H and O–H groups in total. The van der Waals surface area contributed by atoms with E-state index in [1.807, 2.05) is 37.3 Å². The molecule has 26 heavy (non-hydrogen) atoms. The van der Waals surface area contributed by atoms with Crippen molar-refractivity contribution in [3.63, 3.8) is 0 Å². The highest BCUT2D eigenvalue weighted by atomic mass is 16.5. The van der Waals surface area contributed by atoms with Crippen molar-refractivity contribution in [1.29, 1.82) is 0 Å². The van der Waals surface area contributed by atoms with E-state index in [0.717, 1.165) is 29.5 Å². The third-order valence-corrected chi connectivity index (χ3v) is 5.08. The molecule has 0 radical (unpaired) electrons. The lowest BCUT2D eigenvalue weighted by Gasteiger charge is -2.26. The van der Waals surface area contributed by atoms with Gasteiger partial charge in [-0.2, -0.15) is 0 Å². The van der Waals surface area contributed by atoms with Crippen molar-refractivity contribution < 1.29 is 9.53 Å². The molecule has 1 fully saturated rings. The summed E-state index contributed by atoms with van der Waals surface area (Å²) < 4.78 is 6.06. The molecule has 2 aromatic rings. The van der Waals surface area contributed by atoms with Gasteiger partial charge in [-0.3, -0.25) is 4.79 Å². The number of ether oxygens (including phenoxy) is 1. The predicted octanol–water partition coefficient (Wildman–Crippen LogP) is 3.99. The lowest BCUT2D eigenvalue weighted by molar-refractivity contribution is -0.128. The van der Waals surface area contributed by atoms with E-state index in [9.17, 15) is 4.79 Å². The minimum absolute atomic E-state index is 0.0147. The Morgan fingerprint density at radius 3 is 2.69 bits per heavy atom. The Morgan fingerprint density at radius 1 is 1.12 bits per heavy atom. The maximum atomic E-state index is 12.5. The molecule has 1 unspecified atom stereocenters. The third-order valence-electron chi connectivity index (χ3n) is 5.08. The molecule has 0 aromatic heterocycles. The first-order chi connectivity index (χ1) is 12.8. The number of rotatable bonds is 8. The average Bonchev–Trinajstić information content (AvgIpc) is 2.70. The van der Waals surface area contributed by atoms with Gasteiger partial charge in [0.15, 0.2) is 6.10 Å². The van der Waals surface area contributed by atoms with E-state index in [2.05, 4.69) is 22.3 Å². The van der Waals surface area contributed by atoms with E-state index in [1.54, 1.807) is 0 Å². The molecule has 140 valence electrons. The van der Waals surface area contributed by atoms with Crippen LogP contribution in [0.15, 0.2) is 42.5 Å². The Kier molecular flexibility index (Phi) is 6.89. The number of likely N-dealkylation sites (tertiary alicyclic amines) is 1. The van der Waals surface area contributed by atoms with Gasteiger partial charge in [-0.05, 0) is 56.8 Å². The maximum Gasteiger partial charge on any atom is 0.261 e. The van der Waals surface area contributed by atoms with Gasteiger partial charge in [-0.25, -0.2) is 0 Å². The quantitative estimate of drug-likeness (QED) is 0.729. The number of hydrogen-bond donors (Lipinski definition) is 1. The van der Waals surface area contributed by atoms with Crippen LogP contribution in [-0.4, -0.2) is 43.1 Å². The van der Waals surface area contributed by atoms with Crippen LogP contribution < -0.4 is 10.1 Å². The van der Waals surface area contributed by atoms with Gasteiger partial charge in [-0.15, -0.1) is 0 Å². The van der Waals surface area contributed by atoms with Crippen LogP contribution >= 0.6 is 0 Å². The Bertz CT molecular complexity index is 705. The van der Waals surface area contributed by atoms with Crippen molar-refractivity contribution in [1.82, 2.24) is 10.2 Å². The molecule has 1 atom stereocenters. The Balaban J connectivity index is 1.50. The largest absolute Gasteiger partial charge is 0.480 e. The molecule has 1 heterocycles. The molecule has 1 aliphatic heterocycles. The molecule has 1 amide bonds. The Labute approximate surface area is 156 Å². The zero-order chi connectivity index (χ0) is 18.2. The zero-order valence-electron chi connectivity index (χ0n) is 15.7. The van der Waals surface area contributed by atoms with Crippen molar-refractivity contribution in [2.24, 2.45) is 0 Å². The zero-order valence-corrected chi connectivity index (χ0v) is 15.7. The van der Waals surface area contributed by atoms with Crippen LogP contribution in [0, 0.1) is 0 Å². The van der Waals surface area contributed by atoms with Crippen molar-refractivity contribution in [2.45, 2.75) is 45.1 Å². The number of fused-ring (bicyclic) bond motifs is 1. The van der Waals surface area contributed by atoms with Crippen LogP contribution in [0.1, 0.15) is 39.0 Å². The summed E-state index contributed by atoms with van der Waals surface area (Å²) >= 11 is 0. The van der Waals surface area contributed by atoms with E-state index in [4.69, 9.17) is 4.74 Å². The molecule has 1 aliphatic rings. The Hall–Kier alpha value is -2.07. The van der Waals surface area contributed by atoms with Gasteiger partial charge in [-0.1, -0.05) is 49.7 Å².